The molecule has 0 heterocycles. The lowest BCUT2D eigenvalue weighted by atomic mass is 10.2. The van der Waals surface area contributed by atoms with Crippen molar-refractivity contribution in [2.75, 3.05) is 0 Å². The Morgan fingerprint density at radius 1 is 1.38 bits per heavy atom. The monoisotopic (exact) mass is 109 g/mol. The van der Waals surface area contributed by atoms with Gasteiger partial charge >= 0.3 is 0 Å². The second-order valence-corrected chi connectivity index (χ2v) is 1.74. The molecule has 0 aromatic rings. The smallest absolute Gasteiger partial charge is 0.0345 e. The first-order valence-corrected chi connectivity index (χ1v) is 3.06. The molecule has 0 unspecified atom stereocenters. The summed E-state index contributed by atoms with van der Waals surface area (Å²) in [5.74, 6) is 0. The Morgan fingerprint density at radius 3 is 2.62 bits per heavy atom. The summed E-state index contributed by atoms with van der Waals surface area (Å²) in [5, 5.41) is 0. The van der Waals surface area contributed by atoms with Crippen molar-refractivity contribution in [1.29, 1.82) is 0 Å². The highest BCUT2D eigenvalue weighted by molar-refractivity contribution is 4.77. The maximum Gasteiger partial charge on any atom is -0.0345 e. The van der Waals surface area contributed by atoms with Crippen molar-refractivity contribution in [2.45, 2.75) is 26.2 Å². The topological polar surface area (TPSA) is 0 Å². The van der Waals surface area contributed by atoms with Crippen LogP contribution in [0, 0.1) is 6.58 Å². The second-order valence-electron chi connectivity index (χ2n) is 1.74. The highest BCUT2D eigenvalue weighted by Crippen LogP contribution is 1.95. The zero-order valence-corrected chi connectivity index (χ0v) is 5.43. The standard InChI is InChI=1S/C8H13/c1-3-5-7-8-6-4-2/h1,3-4,6H,5,7-8H2,2H3. The lowest BCUT2D eigenvalue weighted by Crippen LogP contribution is -1.65. The quantitative estimate of drug-likeness (QED) is 0.384. The third-order valence-electron chi connectivity index (χ3n) is 0.977. The molecule has 0 aliphatic carbocycles. The van der Waals surface area contributed by atoms with Gasteiger partial charge in [0.25, 0.3) is 0 Å². The van der Waals surface area contributed by atoms with Gasteiger partial charge in [0.1, 0.15) is 0 Å². The molecule has 45 valence electrons. The Hall–Kier alpha value is -0.520. The summed E-state index contributed by atoms with van der Waals surface area (Å²) in [4.78, 5) is 0. The van der Waals surface area contributed by atoms with Crippen LogP contribution in [0.25, 0.3) is 0 Å². The van der Waals surface area contributed by atoms with Gasteiger partial charge in [0.05, 0.1) is 0 Å². The van der Waals surface area contributed by atoms with Gasteiger partial charge in [-0.25, -0.2) is 0 Å². The van der Waals surface area contributed by atoms with Crippen molar-refractivity contribution < 1.29 is 0 Å². The number of unbranched alkanes of at least 4 members (excludes halogenated alkanes) is 2. The van der Waals surface area contributed by atoms with E-state index in [0.717, 1.165) is 12.8 Å². The fourth-order valence-electron chi connectivity index (χ4n) is 0.520. The molecule has 0 saturated carbocycles. The normalized spacial score (nSPS) is 10.1. The van der Waals surface area contributed by atoms with Crippen LogP contribution in [0.1, 0.15) is 26.2 Å². The maximum atomic E-state index is 5.16. The summed E-state index contributed by atoms with van der Waals surface area (Å²) in [6.07, 6.45) is 9.30. The molecule has 0 amide bonds. The molecule has 0 aromatic carbocycles. The van der Waals surface area contributed by atoms with E-state index in [0.29, 0.717) is 0 Å². The van der Waals surface area contributed by atoms with Crippen LogP contribution >= 0.6 is 0 Å². The van der Waals surface area contributed by atoms with Gasteiger partial charge in [0.2, 0.25) is 0 Å². The van der Waals surface area contributed by atoms with Crippen LogP contribution in [0.2, 0.25) is 0 Å². The van der Waals surface area contributed by atoms with Crippen molar-refractivity contribution in [3.63, 3.8) is 0 Å². The van der Waals surface area contributed by atoms with E-state index in [9.17, 15) is 0 Å². The summed E-state index contributed by atoms with van der Waals surface area (Å²) in [5.41, 5.74) is 0. The molecule has 8 heavy (non-hydrogen) atoms. The average Bonchev–Trinajstić information content (AvgIpc) is 1.81. The molecule has 0 aromatic heterocycles. The van der Waals surface area contributed by atoms with Gasteiger partial charge in [-0.3, -0.25) is 0 Å². The average molecular weight is 109 g/mol. The van der Waals surface area contributed by atoms with Gasteiger partial charge in [0.15, 0.2) is 0 Å². The fourth-order valence-corrected chi connectivity index (χ4v) is 0.520. The minimum atomic E-state index is 1.03. The second kappa shape index (κ2) is 6.48. The molecular weight excluding hydrogens is 96.1 g/mol. The van der Waals surface area contributed by atoms with Crippen LogP contribution in [0.4, 0.5) is 0 Å². The van der Waals surface area contributed by atoms with Gasteiger partial charge in [0, 0.05) is 0 Å². The number of hydrogen-bond donors (Lipinski definition) is 0. The summed E-state index contributed by atoms with van der Waals surface area (Å²) in [6.45, 7) is 7.20. The zero-order chi connectivity index (χ0) is 6.24. The van der Waals surface area contributed by atoms with E-state index < -0.39 is 0 Å². The largest absolute Gasteiger partial charge is 0.0917 e. The Kier molecular flexibility index (Phi) is 6.06. The Morgan fingerprint density at radius 2 is 2.12 bits per heavy atom. The molecule has 0 fully saturated rings. The predicted octanol–water partition coefficient (Wildman–Crippen LogP) is 2.72. The number of rotatable bonds is 4. The highest BCUT2D eigenvalue weighted by Gasteiger charge is 1.75. The molecule has 0 spiro atoms. The zero-order valence-electron chi connectivity index (χ0n) is 5.43. The molecule has 0 heteroatoms. The predicted molar refractivity (Wildman–Crippen MR) is 37.5 cm³/mol. The summed E-state index contributed by atoms with van der Waals surface area (Å²) >= 11 is 0. The van der Waals surface area contributed by atoms with Crippen LogP contribution in [0.5, 0.6) is 0 Å². The van der Waals surface area contributed by atoms with Gasteiger partial charge in [-0.2, -0.15) is 0 Å². The van der Waals surface area contributed by atoms with Gasteiger partial charge < -0.3 is 0 Å². The van der Waals surface area contributed by atoms with Gasteiger partial charge in [-0.15, -0.1) is 0 Å². The Balaban J connectivity index is 2.82. The SMILES string of the molecule is [CH]=CCCCC=CC. The van der Waals surface area contributed by atoms with Crippen LogP contribution in [0.3, 0.4) is 0 Å². The van der Waals surface area contributed by atoms with E-state index >= 15 is 0 Å². The van der Waals surface area contributed by atoms with Crippen molar-refractivity contribution >= 4 is 0 Å². The van der Waals surface area contributed by atoms with Crippen LogP contribution in [-0.2, 0) is 0 Å². The van der Waals surface area contributed by atoms with E-state index in [4.69, 9.17) is 6.58 Å². The van der Waals surface area contributed by atoms with Crippen LogP contribution in [-0.4, -0.2) is 0 Å². The lowest BCUT2D eigenvalue weighted by molar-refractivity contribution is 0.868. The lowest BCUT2D eigenvalue weighted by Gasteiger charge is -1.85. The van der Waals surface area contributed by atoms with E-state index in [-0.39, 0.29) is 0 Å². The van der Waals surface area contributed by atoms with Crippen LogP contribution < -0.4 is 0 Å². The van der Waals surface area contributed by atoms with Gasteiger partial charge in [-0.1, -0.05) is 24.8 Å². The molecule has 0 bridgehead atoms. The fraction of sp³-hybridized carbons (Fsp3) is 0.500. The highest BCUT2D eigenvalue weighted by atomic mass is 13.8. The Labute approximate surface area is 51.9 Å². The minimum Gasteiger partial charge on any atom is -0.0917 e. The van der Waals surface area contributed by atoms with E-state index in [1.54, 1.807) is 6.08 Å². The molecule has 0 saturated heterocycles. The first kappa shape index (κ1) is 7.48. The third-order valence-corrected chi connectivity index (χ3v) is 0.977. The third kappa shape index (κ3) is 5.48. The van der Waals surface area contributed by atoms with Crippen molar-refractivity contribution in [3.8, 4) is 0 Å². The maximum absolute atomic E-state index is 5.16. The molecular formula is C8H13. The summed E-state index contributed by atoms with van der Waals surface area (Å²) in [7, 11) is 0. The van der Waals surface area contributed by atoms with Crippen molar-refractivity contribution in [1.82, 2.24) is 0 Å². The van der Waals surface area contributed by atoms with Gasteiger partial charge in [-0.05, 0) is 26.2 Å². The molecule has 0 aliphatic heterocycles. The van der Waals surface area contributed by atoms with Crippen LogP contribution in [0.15, 0.2) is 18.2 Å². The minimum absolute atomic E-state index is 1.03. The molecule has 0 rings (SSSR count). The van der Waals surface area contributed by atoms with E-state index in [2.05, 4.69) is 12.2 Å². The van der Waals surface area contributed by atoms with E-state index in [1.165, 1.54) is 6.42 Å². The summed E-state index contributed by atoms with van der Waals surface area (Å²) in [6, 6.07) is 0. The van der Waals surface area contributed by atoms with Crippen molar-refractivity contribution in [2.24, 2.45) is 0 Å². The molecule has 1 radical (unpaired) electrons. The molecule has 0 atom stereocenters. The molecule has 0 nitrogen and oxygen atoms in total. The Bertz CT molecular complexity index is 70.1. The first-order valence-electron chi connectivity index (χ1n) is 3.06. The number of allylic oxidation sites excluding steroid dienone is 3. The molecule has 0 aliphatic rings. The van der Waals surface area contributed by atoms with E-state index in [1.807, 2.05) is 6.92 Å². The number of hydrogen-bond acceptors (Lipinski definition) is 0. The molecule has 0 N–H and O–H groups in total. The summed E-state index contributed by atoms with van der Waals surface area (Å²) < 4.78 is 0. The first-order chi connectivity index (χ1) is 3.91. The van der Waals surface area contributed by atoms with Crippen molar-refractivity contribution in [3.05, 3.63) is 24.8 Å².